The molecule has 0 saturated carbocycles. The van der Waals surface area contributed by atoms with Crippen molar-refractivity contribution in [2.75, 3.05) is 13.1 Å². The molecule has 2 heterocycles. The van der Waals surface area contributed by atoms with E-state index < -0.39 is 10.0 Å². The third kappa shape index (κ3) is 2.47. The molecule has 3 rings (SSSR count). The monoisotopic (exact) mass is 307 g/mol. The second-order valence-corrected chi connectivity index (χ2v) is 7.38. The van der Waals surface area contributed by atoms with Gasteiger partial charge in [0.15, 0.2) is 5.82 Å². The van der Waals surface area contributed by atoms with E-state index in [9.17, 15) is 8.42 Å². The minimum atomic E-state index is -3.43. The molecule has 0 N–H and O–H groups in total. The van der Waals surface area contributed by atoms with Crippen LogP contribution in [-0.4, -0.2) is 36.0 Å². The lowest BCUT2D eigenvalue weighted by atomic mass is 10.0. The Balaban J connectivity index is 1.77. The number of aryl methyl sites for hydroxylation is 3. The zero-order valence-corrected chi connectivity index (χ0v) is 13.0. The van der Waals surface area contributed by atoms with Crippen molar-refractivity contribution < 1.29 is 12.9 Å². The first-order valence-corrected chi connectivity index (χ1v) is 8.19. The van der Waals surface area contributed by atoms with Crippen molar-refractivity contribution in [3.63, 3.8) is 0 Å². The van der Waals surface area contributed by atoms with Crippen LogP contribution in [0.3, 0.4) is 0 Å². The Morgan fingerprint density at radius 3 is 2.48 bits per heavy atom. The Labute approximate surface area is 123 Å². The first-order chi connectivity index (χ1) is 9.88. The van der Waals surface area contributed by atoms with Crippen molar-refractivity contribution in [2.24, 2.45) is 0 Å². The highest BCUT2D eigenvalue weighted by molar-refractivity contribution is 7.89. The van der Waals surface area contributed by atoms with Crippen LogP contribution in [-0.2, 0) is 10.0 Å². The van der Waals surface area contributed by atoms with Crippen molar-refractivity contribution in [1.29, 1.82) is 0 Å². The van der Waals surface area contributed by atoms with Gasteiger partial charge in [0, 0.05) is 13.1 Å². The molecule has 1 aliphatic heterocycles. The maximum atomic E-state index is 12.5. The van der Waals surface area contributed by atoms with Crippen molar-refractivity contribution in [3.8, 4) is 0 Å². The fourth-order valence-electron chi connectivity index (χ4n) is 2.29. The first-order valence-electron chi connectivity index (χ1n) is 6.75. The summed E-state index contributed by atoms with van der Waals surface area (Å²) in [5, 5.41) is 3.73. The summed E-state index contributed by atoms with van der Waals surface area (Å²) in [4.78, 5) is 4.49. The lowest BCUT2D eigenvalue weighted by Crippen LogP contribution is -2.48. The van der Waals surface area contributed by atoms with E-state index in [0.717, 1.165) is 11.1 Å². The Morgan fingerprint density at radius 1 is 1.19 bits per heavy atom. The maximum absolute atomic E-state index is 12.5. The van der Waals surface area contributed by atoms with Gasteiger partial charge in [-0.15, -0.1) is 0 Å². The standard InChI is InChI=1S/C14H17N3O3S/c1-9-4-5-13(6-10(9)2)21(18,19)17-7-12(8-17)14-15-11(3)16-20-14/h4-6,12H,7-8H2,1-3H3. The number of nitrogens with zero attached hydrogens (tertiary/aromatic N) is 3. The molecular weight excluding hydrogens is 290 g/mol. The molecule has 0 aliphatic carbocycles. The molecule has 1 aromatic carbocycles. The molecule has 6 nitrogen and oxygen atoms in total. The van der Waals surface area contributed by atoms with Gasteiger partial charge in [-0.05, 0) is 44.0 Å². The Bertz CT molecular complexity index is 777. The maximum Gasteiger partial charge on any atom is 0.243 e. The molecule has 0 unspecified atom stereocenters. The van der Waals surface area contributed by atoms with E-state index in [4.69, 9.17) is 4.52 Å². The van der Waals surface area contributed by atoms with Gasteiger partial charge in [-0.25, -0.2) is 8.42 Å². The van der Waals surface area contributed by atoms with Gasteiger partial charge in [-0.3, -0.25) is 0 Å². The summed E-state index contributed by atoms with van der Waals surface area (Å²) in [5.41, 5.74) is 2.05. The van der Waals surface area contributed by atoms with Crippen LogP contribution in [0, 0.1) is 20.8 Å². The van der Waals surface area contributed by atoms with Crippen LogP contribution in [0.5, 0.6) is 0 Å². The normalized spacial score (nSPS) is 16.9. The number of aromatic nitrogens is 2. The summed E-state index contributed by atoms with van der Waals surface area (Å²) >= 11 is 0. The molecule has 1 aromatic heterocycles. The minimum Gasteiger partial charge on any atom is -0.339 e. The molecule has 0 radical (unpaired) electrons. The van der Waals surface area contributed by atoms with Crippen molar-refractivity contribution in [1.82, 2.24) is 14.4 Å². The van der Waals surface area contributed by atoms with Gasteiger partial charge in [-0.1, -0.05) is 11.2 Å². The lowest BCUT2D eigenvalue weighted by Gasteiger charge is -2.35. The predicted molar refractivity (Wildman–Crippen MR) is 76.5 cm³/mol. The Kier molecular flexibility index (Phi) is 3.33. The molecule has 0 bridgehead atoms. The Morgan fingerprint density at radius 2 is 1.90 bits per heavy atom. The largest absolute Gasteiger partial charge is 0.339 e. The van der Waals surface area contributed by atoms with E-state index in [0.29, 0.717) is 29.7 Å². The zero-order chi connectivity index (χ0) is 15.2. The number of hydrogen-bond donors (Lipinski definition) is 0. The summed E-state index contributed by atoms with van der Waals surface area (Å²) in [6, 6.07) is 5.21. The van der Waals surface area contributed by atoms with Gasteiger partial charge < -0.3 is 4.52 Å². The third-order valence-electron chi connectivity index (χ3n) is 3.86. The summed E-state index contributed by atoms with van der Waals surface area (Å²) in [5.74, 6) is 1.08. The highest BCUT2D eigenvalue weighted by atomic mass is 32.2. The van der Waals surface area contributed by atoms with Crippen LogP contribution < -0.4 is 0 Å². The number of rotatable bonds is 3. The van der Waals surface area contributed by atoms with Gasteiger partial charge in [0.2, 0.25) is 15.9 Å². The number of hydrogen-bond acceptors (Lipinski definition) is 5. The van der Waals surface area contributed by atoms with E-state index in [1.54, 1.807) is 19.1 Å². The van der Waals surface area contributed by atoms with Crippen molar-refractivity contribution in [2.45, 2.75) is 31.6 Å². The predicted octanol–water partition coefficient (Wildman–Crippen LogP) is 1.78. The van der Waals surface area contributed by atoms with Gasteiger partial charge in [0.25, 0.3) is 0 Å². The molecule has 7 heteroatoms. The topological polar surface area (TPSA) is 76.3 Å². The number of sulfonamides is 1. The first kappa shape index (κ1) is 14.2. The molecule has 21 heavy (non-hydrogen) atoms. The highest BCUT2D eigenvalue weighted by Crippen LogP contribution is 2.31. The van der Waals surface area contributed by atoms with Crippen LogP contribution >= 0.6 is 0 Å². The van der Waals surface area contributed by atoms with E-state index >= 15 is 0 Å². The average Bonchev–Trinajstić information content (AvgIpc) is 2.77. The second-order valence-electron chi connectivity index (χ2n) is 5.44. The molecule has 1 fully saturated rings. The molecule has 1 saturated heterocycles. The summed E-state index contributed by atoms with van der Waals surface area (Å²) in [6.07, 6.45) is 0. The SMILES string of the molecule is Cc1noc(C2CN(S(=O)(=O)c3ccc(C)c(C)c3)C2)n1. The van der Waals surface area contributed by atoms with E-state index in [2.05, 4.69) is 10.1 Å². The van der Waals surface area contributed by atoms with E-state index in [1.807, 2.05) is 19.9 Å². The fourth-order valence-corrected chi connectivity index (χ4v) is 3.91. The van der Waals surface area contributed by atoms with Crippen molar-refractivity contribution in [3.05, 3.63) is 41.0 Å². The van der Waals surface area contributed by atoms with E-state index in [-0.39, 0.29) is 5.92 Å². The van der Waals surface area contributed by atoms with Crippen LogP contribution in [0.15, 0.2) is 27.6 Å². The molecule has 1 aliphatic rings. The van der Waals surface area contributed by atoms with Crippen LogP contribution in [0.25, 0.3) is 0 Å². The van der Waals surface area contributed by atoms with Crippen LogP contribution in [0.4, 0.5) is 0 Å². The van der Waals surface area contributed by atoms with Gasteiger partial charge in [-0.2, -0.15) is 9.29 Å². The van der Waals surface area contributed by atoms with Gasteiger partial charge >= 0.3 is 0 Å². The number of benzene rings is 1. The van der Waals surface area contributed by atoms with Gasteiger partial charge in [0.05, 0.1) is 10.8 Å². The van der Waals surface area contributed by atoms with Crippen molar-refractivity contribution >= 4 is 10.0 Å². The molecule has 0 atom stereocenters. The van der Waals surface area contributed by atoms with Gasteiger partial charge in [0.1, 0.15) is 0 Å². The lowest BCUT2D eigenvalue weighted by molar-refractivity contribution is 0.216. The van der Waals surface area contributed by atoms with Crippen LogP contribution in [0.2, 0.25) is 0 Å². The fraction of sp³-hybridized carbons (Fsp3) is 0.429. The minimum absolute atomic E-state index is 0.00693. The highest BCUT2D eigenvalue weighted by Gasteiger charge is 2.40. The quantitative estimate of drug-likeness (QED) is 0.864. The van der Waals surface area contributed by atoms with E-state index in [1.165, 1.54) is 4.31 Å². The smallest absolute Gasteiger partial charge is 0.243 e. The third-order valence-corrected chi connectivity index (χ3v) is 5.68. The summed E-state index contributed by atoms with van der Waals surface area (Å²) in [6.45, 7) is 6.39. The molecular formula is C14H17N3O3S. The molecule has 112 valence electrons. The molecule has 2 aromatic rings. The second kappa shape index (κ2) is 4.92. The molecule has 0 amide bonds. The van der Waals surface area contributed by atoms with Crippen LogP contribution in [0.1, 0.15) is 28.8 Å². The zero-order valence-electron chi connectivity index (χ0n) is 12.2. The Hall–Kier alpha value is -1.73. The summed E-state index contributed by atoms with van der Waals surface area (Å²) in [7, 11) is -3.43. The average molecular weight is 307 g/mol. The summed E-state index contributed by atoms with van der Waals surface area (Å²) < 4.78 is 31.6. The molecule has 0 spiro atoms.